The second-order valence-electron chi connectivity index (χ2n) is 3.66. The van der Waals surface area contributed by atoms with Crippen LogP contribution in [0.1, 0.15) is 11.4 Å². The van der Waals surface area contributed by atoms with Crippen molar-refractivity contribution in [2.75, 3.05) is 17.7 Å². The molecule has 0 aromatic carbocycles. The van der Waals surface area contributed by atoms with Crippen molar-refractivity contribution in [3.8, 4) is 0 Å². The Hall–Kier alpha value is -2.17. The molecule has 2 N–H and O–H groups in total. The lowest BCUT2D eigenvalue weighted by Crippen LogP contribution is -2.04. The van der Waals surface area contributed by atoms with Crippen LogP contribution in [0.15, 0.2) is 30.6 Å². The fraction of sp³-hybridized carbons (Fsp3) is 0.250. The van der Waals surface area contributed by atoms with Crippen molar-refractivity contribution < 1.29 is 0 Å². The molecule has 0 radical (unpaired) electrons. The normalized spacial score (nSPS) is 10.0. The number of hydrogen-bond acceptors (Lipinski definition) is 5. The maximum absolute atomic E-state index is 4.35. The molecule has 0 amide bonds. The summed E-state index contributed by atoms with van der Waals surface area (Å²) in [6.45, 7) is 2.54. The Morgan fingerprint density at radius 2 is 1.94 bits per heavy atom. The monoisotopic (exact) mass is 229 g/mol. The average molecular weight is 229 g/mol. The first-order chi connectivity index (χ1) is 8.28. The molecular weight excluding hydrogens is 214 g/mol. The van der Waals surface area contributed by atoms with Crippen molar-refractivity contribution in [1.29, 1.82) is 0 Å². The number of nitrogens with one attached hydrogen (secondary N) is 2. The number of aryl methyl sites for hydroxylation is 1. The average Bonchev–Trinajstić information content (AvgIpc) is 2.38. The van der Waals surface area contributed by atoms with E-state index < -0.39 is 0 Å². The quantitative estimate of drug-likeness (QED) is 0.837. The summed E-state index contributed by atoms with van der Waals surface area (Å²) in [7, 11) is 1.84. The van der Waals surface area contributed by atoms with E-state index in [2.05, 4.69) is 25.6 Å². The molecule has 0 saturated carbocycles. The van der Waals surface area contributed by atoms with Gasteiger partial charge in [0.25, 0.3) is 0 Å². The van der Waals surface area contributed by atoms with Crippen LogP contribution < -0.4 is 10.6 Å². The molecule has 0 bridgehead atoms. The minimum absolute atomic E-state index is 0.618. The summed E-state index contributed by atoms with van der Waals surface area (Å²) >= 11 is 0. The van der Waals surface area contributed by atoms with Crippen LogP contribution in [0.2, 0.25) is 0 Å². The summed E-state index contributed by atoms with van der Waals surface area (Å²) < 4.78 is 0. The Balaban J connectivity index is 1.99. The largest absolute Gasteiger partial charge is 0.373 e. The number of hydrogen-bond donors (Lipinski definition) is 2. The maximum Gasteiger partial charge on any atom is 0.128 e. The van der Waals surface area contributed by atoms with Gasteiger partial charge in [-0.25, -0.2) is 4.98 Å². The van der Waals surface area contributed by atoms with Crippen molar-refractivity contribution in [2.24, 2.45) is 0 Å². The third-order valence-electron chi connectivity index (χ3n) is 2.29. The Labute approximate surface area is 100 Å². The highest BCUT2D eigenvalue weighted by atomic mass is 15.1. The molecule has 0 spiro atoms. The van der Waals surface area contributed by atoms with E-state index in [-0.39, 0.29) is 0 Å². The Kier molecular flexibility index (Phi) is 3.49. The zero-order valence-electron chi connectivity index (χ0n) is 9.94. The second-order valence-corrected chi connectivity index (χ2v) is 3.66. The van der Waals surface area contributed by atoms with E-state index in [4.69, 9.17) is 0 Å². The van der Waals surface area contributed by atoms with Crippen molar-refractivity contribution in [3.63, 3.8) is 0 Å². The lowest BCUT2D eigenvalue weighted by atomic mass is 10.4. The molecule has 2 rings (SSSR count). The van der Waals surface area contributed by atoms with Gasteiger partial charge in [-0.2, -0.15) is 0 Å². The molecule has 2 aromatic rings. The van der Waals surface area contributed by atoms with Gasteiger partial charge < -0.3 is 10.6 Å². The fourth-order valence-corrected chi connectivity index (χ4v) is 1.36. The maximum atomic E-state index is 4.35. The van der Waals surface area contributed by atoms with E-state index >= 15 is 0 Å². The molecule has 0 saturated heterocycles. The Bertz CT molecular complexity index is 481. The van der Waals surface area contributed by atoms with Crippen LogP contribution in [0.4, 0.5) is 11.6 Å². The van der Waals surface area contributed by atoms with Crippen LogP contribution in [0.25, 0.3) is 0 Å². The standard InChI is InChI=1S/C12H15N5/c1-9-6-15-10(7-14-9)8-16-12-5-3-4-11(13-2)17-12/h3-7H,8H2,1-2H3,(H2,13,16,17). The van der Waals surface area contributed by atoms with Crippen molar-refractivity contribution >= 4 is 11.6 Å². The van der Waals surface area contributed by atoms with Gasteiger partial charge in [-0.15, -0.1) is 0 Å². The van der Waals surface area contributed by atoms with Gasteiger partial charge in [-0.1, -0.05) is 6.07 Å². The Morgan fingerprint density at radius 3 is 2.65 bits per heavy atom. The van der Waals surface area contributed by atoms with Gasteiger partial charge in [-0.05, 0) is 19.1 Å². The van der Waals surface area contributed by atoms with E-state index in [1.54, 1.807) is 12.4 Å². The molecule has 5 nitrogen and oxygen atoms in total. The summed E-state index contributed by atoms with van der Waals surface area (Å²) in [6, 6.07) is 5.78. The number of rotatable bonds is 4. The van der Waals surface area contributed by atoms with Crippen LogP contribution in [0, 0.1) is 6.92 Å². The second kappa shape index (κ2) is 5.25. The predicted octanol–water partition coefficient (Wildman–Crippen LogP) is 1.83. The number of aromatic nitrogens is 3. The Morgan fingerprint density at radius 1 is 1.12 bits per heavy atom. The smallest absolute Gasteiger partial charge is 0.128 e. The highest BCUT2D eigenvalue weighted by Crippen LogP contribution is 2.09. The topological polar surface area (TPSA) is 62.7 Å². The molecule has 0 aliphatic rings. The molecule has 0 aliphatic carbocycles. The first kappa shape index (κ1) is 11.3. The van der Waals surface area contributed by atoms with Crippen LogP contribution >= 0.6 is 0 Å². The van der Waals surface area contributed by atoms with Gasteiger partial charge in [0, 0.05) is 13.2 Å². The molecule has 2 aromatic heterocycles. The van der Waals surface area contributed by atoms with E-state index in [0.29, 0.717) is 6.54 Å². The van der Waals surface area contributed by atoms with E-state index in [0.717, 1.165) is 23.0 Å². The van der Waals surface area contributed by atoms with Gasteiger partial charge in [0.2, 0.25) is 0 Å². The molecule has 0 aliphatic heterocycles. The molecule has 2 heterocycles. The van der Waals surface area contributed by atoms with Crippen LogP contribution in [-0.4, -0.2) is 22.0 Å². The van der Waals surface area contributed by atoms with Gasteiger partial charge in [0.15, 0.2) is 0 Å². The van der Waals surface area contributed by atoms with Crippen LogP contribution in [0.5, 0.6) is 0 Å². The first-order valence-electron chi connectivity index (χ1n) is 5.44. The predicted molar refractivity (Wildman–Crippen MR) is 67.9 cm³/mol. The molecule has 17 heavy (non-hydrogen) atoms. The van der Waals surface area contributed by atoms with E-state index in [1.165, 1.54) is 0 Å². The minimum atomic E-state index is 0.618. The third kappa shape index (κ3) is 3.14. The van der Waals surface area contributed by atoms with Crippen molar-refractivity contribution in [1.82, 2.24) is 15.0 Å². The minimum Gasteiger partial charge on any atom is -0.373 e. The van der Waals surface area contributed by atoms with E-state index in [9.17, 15) is 0 Å². The van der Waals surface area contributed by atoms with Gasteiger partial charge in [-0.3, -0.25) is 9.97 Å². The summed E-state index contributed by atoms with van der Waals surface area (Å²) in [6.07, 6.45) is 3.53. The summed E-state index contributed by atoms with van der Waals surface area (Å²) in [4.78, 5) is 12.8. The van der Waals surface area contributed by atoms with Gasteiger partial charge in [0.1, 0.15) is 11.6 Å². The van der Waals surface area contributed by atoms with Crippen molar-refractivity contribution in [3.05, 3.63) is 42.0 Å². The number of pyridine rings is 1. The number of anilines is 2. The summed E-state index contributed by atoms with van der Waals surface area (Å²) in [5.74, 6) is 1.66. The lowest BCUT2D eigenvalue weighted by Gasteiger charge is -2.06. The number of nitrogens with zero attached hydrogens (tertiary/aromatic N) is 3. The molecule has 0 atom stereocenters. The molecule has 88 valence electrons. The first-order valence-corrected chi connectivity index (χ1v) is 5.44. The fourth-order valence-electron chi connectivity index (χ4n) is 1.36. The lowest BCUT2D eigenvalue weighted by molar-refractivity contribution is 0.977. The highest BCUT2D eigenvalue weighted by molar-refractivity contribution is 5.44. The zero-order chi connectivity index (χ0) is 12.1. The van der Waals surface area contributed by atoms with E-state index in [1.807, 2.05) is 32.2 Å². The van der Waals surface area contributed by atoms with Gasteiger partial charge >= 0.3 is 0 Å². The zero-order valence-corrected chi connectivity index (χ0v) is 9.94. The SMILES string of the molecule is CNc1cccc(NCc2cnc(C)cn2)n1. The van der Waals surface area contributed by atoms with Crippen LogP contribution in [-0.2, 0) is 6.54 Å². The summed E-state index contributed by atoms with van der Waals surface area (Å²) in [5, 5.41) is 6.20. The molecule has 5 heteroatoms. The molecular formula is C12H15N5. The summed E-state index contributed by atoms with van der Waals surface area (Å²) in [5.41, 5.74) is 1.82. The molecule has 0 fully saturated rings. The molecule has 0 unspecified atom stereocenters. The third-order valence-corrected chi connectivity index (χ3v) is 2.29. The van der Waals surface area contributed by atoms with Crippen molar-refractivity contribution in [2.45, 2.75) is 13.5 Å². The van der Waals surface area contributed by atoms with Gasteiger partial charge in [0.05, 0.1) is 24.1 Å². The highest BCUT2D eigenvalue weighted by Gasteiger charge is 1.98. The van der Waals surface area contributed by atoms with Crippen LogP contribution in [0.3, 0.4) is 0 Å².